The maximum atomic E-state index is 2.59. The van der Waals surface area contributed by atoms with E-state index in [-0.39, 0.29) is 10.8 Å². The third-order valence-corrected chi connectivity index (χ3v) is 22.7. The van der Waals surface area contributed by atoms with Gasteiger partial charge in [-0.1, -0.05) is 249 Å². The van der Waals surface area contributed by atoms with Crippen LogP contribution >= 0.6 is 0 Å². The van der Waals surface area contributed by atoms with Crippen LogP contribution in [-0.2, 0) is 10.8 Å². The standard InChI is InChI=1S/C80H74N4Si2/c1-79(2,3)53-31-35-55(36-32-53)81(69-43-39-57(85(7,8)9)47-63(69)51-23-15-13-16-24-51)71-45-41-59-65-49-74-66(50-73(65)83-67-29-21-19-27-61(67)75(71)77(59)83)60-42-46-72(76-62-28-20-22-30-68(62)84(74)78(60)76)82(56-37-33-54(34-38-56)80(4,5)6)70-44-40-58(86(10,11)12)48-64(70)52-25-17-14-18-26-52/h13-50H,1-12H3. The molecule has 0 spiro atoms. The zero-order valence-electron chi connectivity index (χ0n) is 51.7. The van der Waals surface area contributed by atoms with E-state index in [2.05, 4.69) is 330 Å². The van der Waals surface area contributed by atoms with Crippen molar-refractivity contribution in [3.8, 4) is 22.3 Å². The topological polar surface area (TPSA) is 15.3 Å². The number of nitrogens with zero attached hydrogens (tertiary/aromatic N) is 4. The molecule has 0 bridgehead atoms. The zero-order chi connectivity index (χ0) is 59.3. The molecule has 15 rings (SSSR count). The molecule has 0 N–H and O–H groups in total. The minimum Gasteiger partial charge on any atom is -0.309 e. The van der Waals surface area contributed by atoms with Crippen LogP contribution in [0.15, 0.2) is 231 Å². The number of hydrogen-bond acceptors (Lipinski definition) is 2. The van der Waals surface area contributed by atoms with Crippen molar-refractivity contribution in [2.45, 2.75) is 91.7 Å². The van der Waals surface area contributed by atoms with E-state index < -0.39 is 16.1 Å². The Labute approximate surface area is 507 Å². The normalized spacial score (nSPS) is 12.9. The molecule has 86 heavy (non-hydrogen) atoms. The fourth-order valence-electron chi connectivity index (χ4n) is 14.0. The monoisotopic (exact) mass is 1150 g/mol. The second-order valence-electron chi connectivity index (χ2n) is 28.3. The van der Waals surface area contributed by atoms with Crippen LogP contribution < -0.4 is 20.2 Å². The highest BCUT2D eigenvalue weighted by atomic mass is 28.3. The summed E-state index contributed by atoms with van der Waals surface area (Å²) in [5.41, 5.74) is 21.9. The Morgan fingerprint density at radius 1 is 0.302 bits per heavy atom. The molecule has 0 aliphatic carbocycles. The fourth-order valence-corrected chi connectivity index (χ4v) is 16.3. The van der Waals surface area contributed by atoms with Crippen molar-refractivity contribution in [1.82, 2.24) is 8.80 Å². The van der Waals surface area contributed by atoms with Gasteiger partial charge in [-0.05, 0) is 106 Å². The van der Waals surface area contributed by atoms with Crippen molar-refractivity contribution in [3.05, 3.63) is 242 Å². The van der Waals surface area contributed by atoms with Crippen LogP contribution in [0.25, 0.3) is 98.4 Å². The molecule has 0 saturated heterocycles. The Bertz CT molecular complexity index is 4800. The highest BCUT2D eigenvalue weighted by molar-refractivity contribution is 6.89. The van der Waals surface area contributed by atoms with E-state index >= 15 is 0 Å². The Morgan fingerprint density at radius 3 is 1.01 bits per heavy atom. The SMILES string of the molecule is CC(C)(C)c1ccc(N(c2ccc([Si](C)(C)C)cc2-c2ccccc2)c2ccc3c4cc5c(cc4n4c6ccccc6c2c34)c2ccc(N(c3ccc(C(C)(C)C)cc3)c3ccc([Si](C)(C)C)cc3-c3ccccc3)c3c4ccccc4n5c23)cc1. The number of anilines is 6. The molecule has 0 radical (unpaired) electrons. The third kappa shape index (κ3) is 8.42. The molecule has 0 atom stereocenters. The minimum atomic E-state index is -1.70. The predicted octanol–water partition coefficient (Wildman–Crippen LogP) is 21.9. The molecule has 4 aromatic heterocycles. The van der Waals surface area contributed by atoms with Gasteiger partial charge in [-0.3, -0.25) is 0 Å². The molecule has 4 heterocycles. The minimum absolute atomic E-state index is 0.0120. The molecule has 0 aliphatic heterocycles. The van der Waals surface area contributed by atoms with Crippen molar-refractivity contribution in [2.24, 2.45) is 0 Å². The van der Waals surface area contributed by atoms with Crippen LogP contribution in [0.5, 0.6) is 0 Å². The summed E-state index contributed by atoms with van der Waals surface area (Å²) in [5, 5.41) is 12.9. The quantitative estimate of drug-likeness (QED) is 0.127. The first-order valence-electron chi connectivity index (χ1n) is 30.8. The van der Waals surface area contributed by atoms with Crippen molar-refractivity contribution >= 4 is 137 Å². The molecular formula is C80H74N4Si2. The zero-order valence-corrected chi connectivity index (χ0v) is 53.7. The van der Waals surface area contributed by atoms with Gasteiger partial charge < -0.3 is 18.6 Å². The van der Waals surface area contributed by atoms with Crippen molar-refractivity contribution in [2.75, 3.05) is 9.80 Å². The molecule has 0 unspecified atom stereocenters. The Hall–Kier alpha value is -8.95. The van der Waals surface area contributed by atoms with Gasteiger partial charge in [0, 0.05) is 65.6 Å². The maximum Gasteiger partial charge on any atom is 0.0776 e. The van der Waals surface area contributed by atoms with Crippen LogP contribution in [0.3, 0.4) is 0 Å². The number of aromatic nitrogens is 2. The predicted molar refractivity (Wildman–Crippen MR) is 379 cm³/mol. The molecule has 11 aromatic carbocycles. The van der Waals surface area contributed by atoms with E-state index in [1.54, 1.807) is 0 Å². The molecule has 422 valence electrons. The van der Waals surface area contributed by atoms with Crippen LogP contribution in [0.2, 0.25) is 39.3 Å². The summed E-state index contributed by atoms with van der Waals surface area (Å²) in [7, 11) is -3.40. The first-order chi connectivity index (χ1) is 41.2. The van der Waals surface area contributed by atoms with E-state index in [0.717, 1.165) is 11.4 Å². The molecule has 4 nitrogen and oxygen atoms in total. The van der Waals surface area contributed by atoms with Crippen molar-refractivity contribution in [1.29, 1.82) is 0 Å². The Morgan fingerprint density at radius 2 is 0.651 bits per heavy atom. The smallest absolute Gasteiger partial charge is 0.0776 e. The lowest BCUT2D eigenvalue weighted by Crippen LogP contribution is -2.37. The van der Waals surface area contributed by atoms with Gasteiger partial charge in [0.1, 0.15) is 0 Å². The van der Waals surface area contributed by atoms with Crippen molar-refractivity contribution in [3.63, 3.8) is 0 Å². The van der Waals surface area contributed by atoms with Gasteiger partial charge in [-0.25, -0.2) is 0 Å². The summed E-state index contributed by atoms with van der Waals surface area (Å²) in [6, 6.07) is 88.4. The van der Waals surface area contributed by atoms with Crippen molar-refractivity contribution < 1.29 is 0 Å². The van der Waals surface area contributed by atoms with E-state index in [1.165, 1.54) is 143 Å². The highest BCUT2D eigenvalue weighted by Gasteiger charge is 2.31. The summed E-state index contributed by atoms with van der Waals surface area (Å²) >= 11 is 0. The average molecular weight is 1150 g/mol. The van der Waals surface area contributed by atoms with Crippen LogP contribution in [0.1, 0.15) is 52.7 Å². The maximum absolute atomic E-state index is 2.59. The largest absolute Gasteiger partial charge is 0.309 e. The average Bonchev–Trinajstić information content (AvgIpc) is 1.55. The first kappa shape index (κ1) is 53.8. The van der Waals surface area contributed by atoms with Gasteiger partial charge in [0.15, 0.2) is 0 Å². The van der Waals surface area contributed by atoms with Gasteiger partial charge in [0.2, 0.25) is 0 Å². The summed E-state index contributed by atoms with van der Waals surface area (Å²) < 4.78 is 5.17. The number of para-hydroxylation sites is 2. The van der Waals surface area contributed by atoms with E-state index in [0.29, 0.717) is 0 Å². The number of rotatable bonds is 10. The third-order valence-electron chi connectivity index (χ3n) is 18.6. The molecular weight excluding hydrogens is 1070 g/mol. The lowest BCUT2D eigenvalue weighted by atomic mass is 9.87. The lowest BCUT2D eigenvalue weighted by molar-refractivity contribution is 0.590. The summed E-state index contributed by atoms with van der Waals surface area (Å²) in [5.74, 6) is 0. The van der Waals surface area contributed by atoms with E-state index in [1.807, 2.05) is 0 Å². The summed E-state index contributed by atoms with van der Waals surface area (Å²) in [4.78, 5) is 5.12. The first-order valence-corrected chi connectivity index (χ1v) is 37.8. The Balaban J connectivity index is 1.00. The molecule has 6 heteroatoms. The molecule has 0 saturated carbocycles. The molecule has 15 aromatic rings. The highest BCUT2D eigenvalue weighted by Crippen LogP contribution is 2.53. The molecule has 0 aliphatic rings. The van der Waals surface area contributed by atoms with E-state index in [9.17, 15) is 0 Å². The van der Waals surface area contributed by atoms with Crippen LogP contribution in [-0.4, -0.2) is 24.9 Å². The molecule has 0 amide bonds. The van der Waals surface area contributed by atoms with Gasteiger partial charge in [0.05, 0.1) is 72.0 Å². The lowest BCUT2D eigenvalue weighted by Gasteiger charge is -2.31. The van der Waals surface area contributed by atoms with E-state index in [4.69, 9.17) is 0 Å². The van der Waals surface area contributed by atoms with Crippen LogP contribution in [0.4, 0.5) is 34.1 Å². The molecule has 0 fully saturated rings. The number of benzene rings is 11. The van der Waals surface area contributed by atoms with Gasteiger partial charge in [0.25, 0.3) is 0 Å². The van der Waals surface area contributed by atoms with Gasteiger partial charge in [-0.2, -0.15) is 0 Å². The van der Waals surface area contributed by atoms with Gasteiger partial charge in [-0.15, -0.1) is 0 Å². The second kappa shape index (κ2) is 19.3. The second-order valence-corrected chi connectivity index (χ2v) is 38.4. The Kier molecular flexibility index (Phi) is 12.1. The number of fused-ring (bicyclic) bond motifs is 12. The van der Waals surface area contributed by atoms with Crippen LogP contribution in [0, 0.1) is 0 Å². The fraction of sp³-hybridized carbons (Fsp3) is 0.175. The summed E-state index contributed by atoms with van der Waals surface area (Å²) in [6.07, 6.45) is 0. The number of hydrogen-bond donors (Lipinski definition) is 0. The van der Waals surface area contributed by atoms with Gasteiger partial charge >= 0.3 is 0 Å². The summed E-state index contributed by atoms with van der Waals surface area (Å²) in [6.45, 7) is 28.5.